The van der Waals surface area contributed by atoms with Gasteiger partial charge in [0.05, 0.1) is 5.39 Å². The highest BCUT2D eigenvalue weighted by atomic mass is 16.3. The van der Waals surface area contributed by atoms with Gasteiger partial charge in [-0.25, -0.2) is 9.97 Å². The fourth-order valence-corrected chi connectivity index (χ4v) is 3.27. The number of carbonyl (C=O) groups is 1. The average Bonchev–Trinajstić information content (AvgIpc) is 3.14. The van der Waals surface area contributed by atoms with E-state index in [0.29, 0.717) is 17.2 Å². The second-order valence-electron chi connectivity index (χ2n) is 6.72. The van der Waals surface area contributed by atoms with Gasteiger partial charge in [0.25, 0.3) is 0 Å². The zero-order valence-corrected chi connectivity index (χ0v) is 16.2. The number of rotatable bonds is 5. The number of fused-ring (bicyclic) bond motifs is 1. The number of benzene rings is 2. The first-order chi connectivity index (χ1) is 14.1. The van der Waals surface area contributed by atoms with Gasteiger partial charge in [-0.3, -0.25) is 4.79 Å². The van der Waals surface area contributed by atoms with Crippen molar-refractivity contribution in [3.63, 3.8) is 0 Å². The molecular formula is C23H20N4O2. The molecule has 0 radical (unpaired) electrons. The molecule has 4 rings (SSSR count). The molecule has 1 N–H and O–H groups in total. The fourth-order valence-electron chi connectivity index (χ4n) is 3.27. The van der Waals surface area contributed by atoms with E-state index in [-0.39, 0.29) is 5.91 Å². The third-order valence-corrected chi connectivity index (χ3v) is 4.53. The van der Waals surface area contributed by atoms with Crippen LogP contribution in [0.3, 0.4) is 0 Å². The minimum atomic E-state index is -0.264. The van der Waals surface area contributed by atoms with E-state index in [0.717, 1.165) is 27.9 Å². The van der Waals surface area contributed by atoms with Crippen LogP contribution in [0, 0.1) is 0 Å². The van der Waals surface area contributed by atoms with E-state index >= 15 is 0 Å². The Labute approximate surface area is 168 Å². The number of hydrogen-bond acceptors (Lipinski definition) is 5. The minimum absolute atomic E-state index is 0.264. The summed E-state index contributed by atoms with van der Waals surface area (Å²) in [5, 5.41) is 3.63. The fraction of sp³-hybridized carbons (Fsp3) is 0.0870. The summed E-state index contributed by atoms with van der Waals surface area (Å²) in [6, 6.07) is 17.5. The summed E-state index contributed by atoms with van der Waals surface area (Å²) in [6.45, 7) is 3.51. The van der Waals surface area contributed by atoms with Crippen molar-refractivity contribution in [2.75, 3.05) is 24.3 Å². The van der Waals surface area contributed by atoms with Crippen molar-refractivity contribution in [1.82, 2.24) is 9.97 Å². The predicted octanol–water partition coefficient (Wildman–Crippen LogP) is 4.75. The maximum atomic E-state index is 11.7. The molecule has 0 atom stereocenters. The van der Waals surface area contributed by atoms with Crippen LogP contribution in [-0.2, 0) is 4.79 Å². The topological polar surface area (TPSA) is 71.3 Å². The molecule has 2 aromatic carbocycles. The van der Waals surface area contributed by atoms with E-state index in [1.807, 2.05) is 73.6 Å². The summed E-state index contributed by atoms with van der Waals surface area (Å²) in [6.07, 6.45) is 2.74. The van der Waals surface area contributed by atoms with E-state index in [2.05, 4.69) is 21.9 Å². The van der Waals surface area contributed by atoms with Gasteiger partial charge < -0.3 is 14.6 Å². The van der Waals surface area contributed by atoms with Crippen molar-refractivity contribution < 1.29 is 9.21 Å². The predicted molar refractivity (Wildman–Crippen MR) is 116 cm³/mol. The monoisotopic (exact) mass is 384 g/mol. The lowest BCUT2D eigenvalue weighted by atomic mass is 9.98. The van der Waals surface area contributed by atoms with Crippen LogP contribution in [0.15, 0.2) is 78.0 Å². The molecule has 0 bridgehead atoms. The van der Waals surface area contributed by atoms with Gasteiger partial charge in [0.1, 0.15) is 17.9 Å². The Morgan fingerprint density at radius 3 is 2.55 bits per heavy atom. The summed E-state index contributed by atoms with van der Waals surface area (Å²) in [4.78, 5) is 22.5. The van der Waals surface area contributed by atoms with Crippen molar-refractivity contribution in [3.05, 3.63) is 73.6 Å². The van der Waals surface area contributed by atoms with Crippen molar-refractivity contribution in [2.45, 2.75) is 0 Å². The highest BCUT2D eigenvalue weighted by Gasteiger charge is 2.23. The maximum absolute atomic E-state index is 11.7. The van der Waals surface area contributed by atoms with Crippen LogP contribution in [0.25, 0.3) is 33.6 Å². The molecule has 0 saturated heterocycles. The number of carbonyl (C=O) groups excluding carboxylic acids is 1. The normalized spacial score (nSPS) is 10.7. The van der Waals surface area contributed by atoms with Gasteiger partial charge in [0.15, 0.2) is 0 Å². The highest BCUT2D eigenvalue weighted by Crippen LogP contribution is 2.43. The van der Waals surface area contributed by atoms with Gasteiger partial charge in [0, 0.05) is 30.9 Å². The molecule has 0 aliphatic heterocycles. The number of aromatic nitrogens is 2. The smallest absolute Gasteiger partial charge is 0.247 e. The van der Waals surface area contributed by atoms with Crippen LogP contribution in [0.1, 0.15) is 0 Å². The highest BCUT2D eigenvalue weighted by molar-refractivity contribution is 6.07. The summed E-state index contributed by atoms with van der Waals surface area (Å²) in [5.41, 5.74) is 3.89. The summed E-state index contributed by atoms with van der Waals surface area (Å²) in [5.74, 6) is 1.20. The molecule has 6 heteroatoms. The van der Waals surface area contributed by atoms with Gasteiger partial charge in [-0.15, -0.1) is 0 Å². The lowest BCUT2D eigenvalue weighted by molar-refractivity contribution is -0.111. The lowest BCUT2D eigenvalue weighted by Gasteiger charge is -2.13. The van der Waals surface area contributed by atoms with Crippen molar-refractivity contribution in [3.8, 4) is 22.5 Å². The van der Waals surface area contributed by atoms with Gasteiger partial charge in [-0.2, -0.15) is 0 Å². The molecule has 0 unspecified atom stereocenters. The van der Waals surface area contributed by atoms with Gasteiger partial charge in [-0.05, 0) is 23.8 Å². The third kappa shape index (κ3) is 3.48. The van der Waals surface area contributed by atoms with Crippen molar-refractivity contribution >= 4 is 28.5 Å². The molecule has 144 valence electrons. The quantitative estimate of drug-likeness (QED) is 0.503. The Kier molecular flexibility index (Phi) is 4.83. The summed E-state index contributed by atoms with van der Waals surface area (Å²) < 4.78 is 6.19. The zero-order valence-electron chi connectivity index (χ0n) is 16.2. The van der Waals surface area contributed by atoms with Crippen LogP contribution in [-0.4, -0.2) is 30.0 Å². The number of nitrogens with one attached hydrogen (secondary N) is 1. The molecule has 2 aromatic heterocycles. The summed E-state index contributed by atoms with van der Waals surface area (Å²) in [7, 11) is 3.86. The molecule has 2 heterocycles. The third-order valence-electron chi connectivity index (χ3n) is 4.53. The first-order valence-electron chi connectivity index (χ1n) is 9.12. The van der Waals surface area contributed by atoms with Gasteiger partial charge >= 0.3 is 0 Å². The van der Waals surface area contributed by atoms with Gasteiger partial charge in [-0.1, -0.05) is 49.0 Å². The van der Waals surface area contributed by atoms with Crippen LogP contribution in [0.4, 0.5) is 11.5 Å². The summed E-state index contributed by atoms with van der Waals surface area (Å²) >= 11 is 0. The van der Waals surface area contributed by atoms with E-state index in [9.17, 15) is 4.79 Å². The van der Waals surface area contributed by atoms with E-state index < -0.39 is 0 Å². The molecule has 4 aromatic rings. The molecule has 1 amide bonds. The van der Waals surface area contributed by atoms with Crippen molar-refractivity contribution in [2.24, 2.45) is 0 Å². The number of furan rings is 1. The second-order valence-corrected chi connectivity index (χ2v) is 6.72. The number of hydrogen-bond donors (Lipinski definition) is 1. The first-order valence-corrected chi connectivity index (χ1v) is 9.12. The molecule has 0 spiro atoms. The Bertz CT molecular complexity index is 1200. The number of amides is 1. The lowest BCUT2D eigenvalue weighted by Crippen LogP contribution is -2.11. The molecule has 6 nitrogen and oxygen atoms in total. The molecule has 0 aliphatic carbocycles. The number of anilines is 2. The maximum Gasteiger partial charge on any atom is 0.247 e. The minimum Gasteiger partial charge on any atom is -0.437 e. The Morgan fingerprint density at radius 2 is 1.83 bits per heavy atom. The van der Waals surface area contributed by atoms with Crippen LogP contribution in [0.2, 0.25) is 0 Å². The largest absolute Gasteiger partial charge is 0.437 e. The molecule has 29 heavy (non-hydrogen) atoms. The second kappa shape index (κ2) is 7.59. The van der Waals surface area contributed by atoms with E-state index in [4.69, 9.17) is 4.42 Å². The van der Waals surface area contributed by atoms with Crippen LogP contribution >= 0.6 is 0 Å². The SMILES string of the molecule is C=CC(=O)Nc1cccc(-c2c(-c3ccccc3)oc3ncnc(N(C)C)c23)c1. The molecule has 0 fully saturated rings. The van der Waals surface area contributed by atoms with Crippen LogP contribution in [0.5, 0.6) is 0 Å². The van der Waals surface area contributed by atoms with Gasteiger partial charge in [0.2, 0.25) is 11.6 Å². The molecule has 0 aliphatic rings. The number of nitrogens with zero attached hydrogens (tertiary/aromatic N) is 3. The first kappa shape index (κ1) is 18.4. The Hall–Kier alpha value is -3.93. The average molecular weight is 384 g/mol. The van der Waals surface area contributed by atoms with E-state index in [1.165, 1.54) is 12.4 Å². The van der Waals surface area contributed by atoms with E-state index in [1.54, 1.807) is 0 Å². The Morgan fingerprint density at radius 1 is 1.07 bits per heavy atom. The standard InChI is InChI=1S/C23H20N4O2/c1-4-18(28)26-17-12-8-11-16(13-17)19-20-22(27(2)3)24-14-25-23(20)29-21(19)15-9-6-5-7-10-15/h4-14H,1H2,2-3H3,(H,26,28). The van der Waals surface area contributed by atoms with Crippen molar-refractivity contribution in [1.29, 1.82) is 0 Å². The zero-order chi connectivity index (χ0) is 20.4. The molecule has 0 saturated carbocycles. The Balaban J connectivity index is 2.00. The molecular weight excluding hydrogens is 364 g/mol. The van der Waals surface area contributed by atoms with Crippen LogP contribution < -0.4 is 10.2 Å².